The van der Waals surface area contributed by atoms with E-state index in [2.05, 4.69) is 32.7 Å². The van der Waals surface area contributed by atoms with Crippen LogP contribution in [0.1, 0.15) is 66.3 Å². The number of Topliss-reactive ketones (excluding diaryl/α,β-unsaturated/α-hetero) is 1. The molecule has 1 atom stereocenters. The quantitative estimate of drug-likeness (QED) is 0.829. The number of amides is 1. The number of hydrogen-bond acceptors (Lipinski definition) is 2. The Morgan fingerprint density at radius 3 is 2.78 bits per heavy atom. The monoisotopic (exact) mass is 313 g/mol. The number of aryl methyl sites for hydroxylation is 1. The summed E-state index contributed by atoms with van der Waals surface area (Å²) in [5.41, 5.74) is 2.62. The van der Waals surface area contributed by atoms with E-state index in [9.17, 15) is 9.59 Å². The van der Waals surface area contributed by atoms with E-state index >= 15 is 0 Å². The van der Waals surface area contributed by atoms with Gasteiger partial charge in [0.15, 0.2) is 5.78 Å². The van der Waals surface area contributed by atoms with E-state index in [4.69, 9.17) is 0 Å². The van der Waals surface area contributed by atoms with Crippen LogP contribution in [0.15, 0.2) is 30.9 Å². The Labute approximate surface area is 139 Å². The lowest BCUT2D eigenvalue weighted by molar-refractivity contribution is 0.0899. The SMILES string of the molecule is C=CCC1CCc2cc(C(=O)NCCC(C)(C)C)ccc2C1=O. The van der Waals surface area contributed by atoms with E-state index < -0.39 is 0 Å². The third-order valence-electron chi connectivity index (χ3n) is 4.38. The molecule has 124 valence electrons. The molecule has 1 N–H and O–H groups in total. The van der Waals surface area contributed by atoms with Crippen molar-refractivity contribution in [3.05, 3.63) is 47.5 Å². The number of hydrogen-bond donors (Lipinski definition) is 1. The minimum Gasteiger partial charge on any atom is -0.352 e. The van der Waals surface area contributed by atoms with Crippen molar-refractivity contribution < 1.29 is 9.59 Å². The molecule has 0 heterocycles. The zero-order chi connectivity index (χ0) is 17.0. The molecule has 0 radical (unpaired) electrons. The second-order valence-electron chi connectivity index (χ2n) is 7.56. The van der Waals surface area contributed by atoms with Crippen molar-refractivity contribution in [1.82, 2.24) is 5.32 Å². The average Bonchev–Trinajstić information content (AvgIpc) is 2.48. The van der Waals surface area contributed by atoms with Crippen molar-refractivity contribution >= 4 is 11.7 Å². The first kappa shape index (κ1) is 17.5. The highest BCUT2D eigenvalue weighted by atomic mass is 16.1. The van der Waals surface area contributed by atoms with Gasteiger partial charge in [0.1, 0.15) is 0 Å². The molecule has 2 rings (SSSR count). The van der Waals surface area contributed by atoms with Gasteiger partial charge >= 0.3 is 0 Å². The molecule has 0 saturated heterocycles. The zero-order valence-corrected chi connectivity index (χ0v) is 14.4. The Bertz CT molecular complexity index is 611. The summed E-state index contributed by atoms with van der Waals surface area (Å²) in [7, 11) is 0. The molecule has 1 aromatic rings. The van der Waals surface area contributed by atoms with Crippen LogP contribution in [0.3, 0.4) is 0 Å². The van der Waals surface area contributed by atoms with Gasteiger partial charge in [-0.25, -0.2) is 0 Å². The van der Waals surface area contributed by atoms with Crippen LogP contribution in [-0.2, 0) is 6.42 Å². The van der Waals surface area contributed by atoms with E-state index in [1.54, 1.807) is 6.07 Å². The van der Waals surface area contributed by atoms with Gasteiger partial charge in [0.25, 0.3) is 5.91 Å². The second kappa shape index (κ2) is 7.12. The van der Waals surface area contributed by atoms with Crippen LogP contribution in [0.25, 0.3) is 0 Å². The third kappa shape index (κ3) is 4.54. The average molecular weight is 313 g/mol. The molecule has 3 nitrogen and oxygen atoms in total. The fraction of sp³-hybridized carbons (Fsp3) is 0.500. The molecule has 1 aliphatic rings. The molecule has 0 saturated carbocycles. The first-order chi connectivity index (χ1) is 10.8. The lowest BCUT2D eigenvalue weighted by atomic mass is 9.80. The number of nitrogens with one attached hydrogen (secondary N) is 1. The number of carbonyl (C=O) groups excluding carboxylic acids is 2. The zero-order valence-electron chi connectivity index (χ0n) is 14.4. The number of fused-ring (bicyclic) bond motifs is 1. The van der Waals surface area contributed by atoms with Crippen LogP contribution in [0.5, 0.6) is 0 Å². The predicted octanol–water partition coefficient (Wildman–Crippen LogP) is 4.17. The Hall–Kier alpha value is -1.90. The molecule has 0 fully saturated rings. The van der Waals surface area contributed by atoms with Gasteiger partial charge in [-0.05, 0) is 48.8 Å². The fourth-order valence-electron chi connectivity index (χ4n) is 2.94. The number of allylic oxidation sites excluding steroid dienone is 1. The van der Waals surface area contributed by atoms with Crippen LogP contribution in [0.2, 0.25) is 0 Å². The predicted molar refractivity (Wildman–Crippen MR) is 93.8 cm³/mol. The smallest absolute Gasteiger partial charge is 0.251 e. The molecule has 0 bridgehead atoms. The highest BCUT2D eigenvalue weighted by molar-refractivity contribution is 6.02. The normalized spacial score (nSPS) is 17.5. The van der Waals surface area contributed by atoms with Gasteiger partial charge in [0.05, 0.1) is 0 Å². The lowest BCUT2D eigenvalue weighted by Crippen LogP contribution is -2.28. The molecular weight excluding hydrogens is 286 g/mol. The molecule has 3 heteroatoms. The van der Waals surface area contributed by atoms with Gasteiger partial charge in [-0.3, -0.25) is 9.59 Å². The van der Waals surface area contributed by atoms with Crippen LogP contribution in [0.4, 0.5) is 0 Å². The number of ketones is 1. The summed E-state index contributed by atoms with van der Waals surface area (Å²) in [5, 5.41) is 2.97. The van der Waals surface area contributed by atoms with Gasteiger partial charge < -0.3 is 5.32 Å². The maximum atomic E-state index is 12.4. The van der Waals surface area contributed by atoms with Gasteiger partial charge in [-0.1, -0.05) is 32.9 Å². The number of rotatable bonds is 5. The molecule has 1 aliphatic carbocycles. The Morgan fingerprint density at radius 1 is 1.39 bits per heavy atom. The third-order valence-corrected chi connectivity index (χ3v) is 4.38. The molecule has 0 spiro atoms. The summed E-state index contributed by atoms with van der Waals surface area (Å²) in [5.74, 6) is 0.176. The van der Waals surface area contributed by atoms with Crippen LogP contribution in [-0.4, -0.2) is 18.2 Å². The topological polar surface area (TPSA) is 46.2 Å². The number of carbonyl (C=O) groups is 2. The minimum atomic E-state index is -0.0577. The molecule has 0 aromatic heterocycles. The van der Waals surface area contributed by atoms with E-state index in [1.807, 2.05) is 18.2 Å². The number of benzene rings is 1. The Kier molecular flexibility index (Phi) is 5.40. The van der Waals surface area contributed by atoms with Crippen molar-refractivity contribution in [1.29, 1.82) is 0 Å². The van der Waals surface area contributed by atoms with Crippen molar-refractivity contribution in [2.75, 3.05) is 6.54 Å². The van der Waals surface area contributed by atoms with E-state index in [1.165, 1.54) is 0 Å². The van der Waals surface area contributed by atoms with E-state index in [0.29, 0.717) is 12.1 Å². The minimum absolute atomic E-state index is 0.0477. The van der Waals surface area contributed by atoms with Gasteiger partial charge in [0, 0.05) is 23.6 Å². The molecule has 23 heavy (non-hydrogen) atoms. The summed E-state index contributed by atoms with van der Waals surface area (Å²) in [6.45, 7) is 10.9. The maximum Gasteiger partial charge on any atom is 0.251 e. The standard InChI is InChI=1S/C20H27NO2/c1-5-6-14-7-8-15-13-16(9-10-17(15)18(14)22)19(23)21-12-11-20(2,3)4/h5,9-10,13-14H,1,6-8,11-12H2,2-4H3,(H,21,23). The second-order valence-corrected chi connectivity index (χ2v) is 7.56. The molecular formula is C20H27NO2. The fourth-order valence-corrected chi connectivity index (χ4v) is 2.94. The van der Waals surface area contributed by atoms with Crippen molar-refractivity contribution in [3.8, 4) is 0 Å². The molecule has 1 unspecified atom stereocenters. The largest absolute Gasteiger partial charge is 0.352 e. The van der Waals surface area contributed by atoms with Gasteiger partial charge in [-0.15, -0.1) is 6.58 Å². The summed E-state index contributed by atoms with van der Waals surface area (Å²) < 4.78 is 0. The summed E-state index contributed by atoms with van der Waals surface area (Å²) in [6, 6.07) is 5.45. The molecule has 1 amide bonds. The van der Waals surface area contributed by atoms with Crippen molar-refractivity contribution in [2.45, 2.75) is 46.5 Å². The Balaban J connectivity index is 2.05. The van der Waals surface area contributed by atoms with Crippen molar-refractivity contribution in [2.24, 2.45) is 11.3 Å². The molecule has 0 aliphatic heterocycles. The lowest BCUT2D eigenvalue weighted by Gasteiger charge is -2.23. The van der Waals surface area contributed by atoms with E-state index in [0.717, 1.165) is 36.8 Å². The first-order valence-corrected chi connectivity index (χ1v) is 8.38. The summed E-state index contributed by atoms with van der Waals surface area (Å²) >= 11 is 0. The highest BCUT2D eigenvalue weighted by Gasteiger charge is 2.26. The van der Waals surface area contributed by atoms with Crippen LogP contribution < -0.4 is 5.32 Å². The van der Waals surface area contributed by atoms with Crippen LogP contribution >= 0.6 is 0 Å². The van der Waals surface area contributed by atoms with Crippen molar-refractivity contribution in [3.63, 3.8) is 0 Å². The van der Waals surface area contributed by atoms with Gasteiger partial charge in [-0.2, -0.15) is 0 Å². The summed E-state index contributed by atoms with van der Waals surface area (Å²) in [4.78, 5) is 24.7. The highest BCUT2D eigenvalue weighted by Crippen LogP contribution is 2.28. The maximum absolute atomic E-state index is 12.4. The summed E-state index contributed by atoms with van der Waals surface area (Å²) in [6.07, 6.45) is 5.17. The van der Waals surface area contributed by atoms with E-state index in [-0.39, 0.29) is 23.0 Å². The van der Waals surface area contributed by atoms with Crippen LogP contribution in [0, 0.1) is 11.3 Å². The Morgan fingerprint density at radius 2 is 2.13 bits per heavy atom. The first-order valence-electron chi connectivity index (χ1n) is 8.38. The van der Waals surface area contributed by atoms with Gasteiger partial charge in [0.2, 0.25) is 0 Å². The molecule has 1 aromatic carbocycles.